The molecule has 6 nitrogen and oxygen atoms in total. The molecule has 79 heavy (non-hydrogen) atoms. The van der Waals surface area contributed by atoms with E-state index < -0.39 is 5.41 Å². The Morgan fingerprint density at radius 3 is 1.47 bits per heavy atom. The number of fused-ring (bicyclic) bond motifs is 18. The molecule has 3 aliphatic carbocycles. The smallest absolute Gasteiger partial charge is 0.187 e. The highest BCUT2D eigenvalue weighted by atomic mass is 15.2. The third kappa shape index (κ3) is 6.01. The number of aromatic nitrogens is 1. The van der Waals surface area contributed by atoms with Crippen molar-refractivity contribution >= 4 is 50.2 Å². The Morgan fingerprint density at radius 1 is 0.380 bits per heavy atom. The molecule has 0 amide bonds. The zero-order valence-electron chi connectivity index (χ0n) is 42.3. The van der Waals surface area contributed by atoms with Crippen LogP contribution in [0, 0.1) is 35.8 Å². The molecule has 12 aromatic rings. The van der Waals surface area contributed by atoms with Crippen LogP contribution in [0.1, 0.15) is 78.6 Å². The van der Waals surface area contributed by atoms with E-state index in [0.29, 0.717) is 22.5 Å². The average Bonchev–Trinajstić information content (AvgIpc) is 4.04. The lowest BCUT2D eigenvalue weighted by atomic mass is 9.64. The van der Waals surface area contributed by atoms with E-state index in [4.69, 9.17) is 13.1 Å². The Hall–Kier alpha value is -11.0. The van der Waals surface area contributed by atoms with Crippen LogP contribution in [0.15, 0.2) is 231 Å². The van der Waals surface area contributed by atoms with Gasteiger partial charge in [-0.1, -0.05) is 140 Å². The summed E-state index contributed by atoms with van der Waals surface area (Å²) in [6.07, 6.45) is 0. The maximum atomic E-state index is 10.2. The second kappa shape index (κ2) is 16.5. The molecule has 0 fully saturated rings. The van der Waals surface area contributed by atoms with Gasteiger partial charge in [0.2, 0.25) is 0 Å². The Kier molecular flexibility index (Phi) is 9.24. The van der Waals surface area contributed by atoms with Gasteiger partial charge in [-0.3, -0.25) is 0 Å². The number of hydrogen-bond donors (Lipinski definition) is 0. The first kappa shape index (κ1) is 44.3. The third-order valence-electron chi connectivity index (χ3n) is 17.4. The van der Waals surface area contributed by atoms with Crippen LogP contribution in [0.2, 0.25) is 0 Å². The highest BCUT2D eigenvalue weighted by Crippen LogP contribution is 2.64. The van der Waals surface area contributed by atoms with Gasteiger partial charge in [-0.25, -0.2) is 9.69 Å². The number of anilines is 3. The van der Waals surface area contributed by atoms with E-state index in [-0.39, 0.29) is 11.8 Å². The number of para-hydroxylation sites is 4. The standard InChI is InChI=1S/C73H40N6/c1-76-47-26-30-55-59(37-47)60-38-48(77-2)27-31-56(60)72(55)46-34-45(71-53-28-24-43(41-74)32-57(53)58-33-44(42-75)25-29-54(58)71)35-50(36-46)79-67-21-11-7-17-52(67)62-39-66-61(40-70(62)79)51-16-6-8-18-63(51)73(66)64-19-9-12-22-68(64)78(49-14-4-3-5-15-49)69-23-13-10-20-65(69)73/h3-40,71-72H. The first-order valence-corrected chi connectivity index (χ1v) is 26.5. The third-order valence-corrected chi connectivity index (χ3v) is 17.4. The van der Waals surface area contributed by atoms with Gasteiger partial charge in [-0.15, -0.1) is 0 Å². The first-order valence-electron chi connectivity index (χ1n) is 26.5. The number of rotatable bonds is 4. The summed E-state index contributed by atoms with van der Waals surface area (Å²) in [6, 6.07) is 87.0. The predicted molar refractivity (Wildman–Crippen MR) is 314 cm³/mol. The van der Waals surface area contributed by atoms with Gasteiger partial charge in [-0.2, -0.15) is 10.5 Å². The Balaban J connectivity index is 0.992. The van der Waals surface area contributed by atoms with E-state index >= 15 is 0 Å². The van der Waals surface area contributed by atoms with Gasteiger partial charge in [-0.05, 0) is 180 Å². The molecule has 6 heteroatoms. The molecule has 0 saturated carbocycles. The molecule has 2 heterocycles. The largest absolute Gasteiger partial charge is 0.310 e. The zero-order valence-corrected chi connectivity index (χ0v) is 42.3. The van der Waals surface area contributed by atoms with Crippen molar-refractivity contribution in [2.45, 2.75) is 17.3 Å². The van der Waals surface area contributed by atoms with Gasteiger partial charge in [0.25, 0.3) is 0 Å². The van der Waals surface area contributed by atoms with Crippen molar-refractivity contribution in [3.8, 4) is 51.2 Å². The highest BCUT2D eigenvalue weighted by Gasteiger charge is 2.52. The lowest BCUT2D eigenvalue weighted by molar-refractivity contribution is 0.753. The van der Waals surface area contributed by atoms with E-state index in [2.05, 4.69) is 213 Å². The monoisotopic (exact) mass is 1000 g/mol. The molecule has 0 atom stereocenters. The van der Waals surface area contributed by atoms with E-state index in [1.165, 1.54) is 33.4 Å². The first-order chi connectivity index (χ1) is 39.0. The quantitative estimate of drug-likeness (QED) is 0.165. The minimum absolute atomic E-state index is 0.225. The van der Waals surface area contributed by atoms with Crippen LogP contribution in [-0.2, 0) is 5.41 Å². The lowest BCUT2D eigenvalue weighted by Crippen LogP contribution is -2.36. The summed E-state index contributed by atoms with van der Waals surface area (Å²) in [5.74, 6) is -0.457. The summed E-state index contributed by atoms with van der Waals surface area (Å²) in [5.41, 5.74) is 25.8. The minimum atomic E-state index is -0.640. The molecule has 1 aromatic heterocycles. The predicted octanol–water partition coefficient (Wildman–Crippen LogP) is 18.1. The Morgan fingerprint density at radius 2 is 0.886 bits per heavy atom. The Labute approximate surface area is 456 Å². The highest BCUT2D eigenvalue weighted by molar-refractivity contribution is 6.12. The SMILES string of the molecule is [C-]#[N+]c1ccc2c(c1)-c1cc([N+]#[C-])ccc1C2c1cc(C2c3ccc(C#N)cc3-c3cc(C#N)ccc32)cc(-n2c3ccccc3c3cc4c(cc32)-c2ccccc2C42c3ccccc3N(c3ccccc3)c3ccccc32)c1. The van der Waals surface area contributed by atoms with Gasteiger partial charge in [0.05, 0.1) is 64.2 Å². The average molecular weight is 1000 g/mol. The minimum Gasteiger partial charge on any atom is -0.310 e. The molecule has 0 N–H and O–H groups in total. The van der Waals surface area contributed by atoms with Crippen LogP contribution in [0.3, 0.4) is 0 Å². The normalized spacial score (nSPS) is 13.7. The summed E-state index contributed by atoms with van der Waals surface area (Å²) < 4.78 is 2.46. The van der Waals surface area contributed by atoms with Crippen molar-refractivity contribution in [1.29, 1.82) is 10.5 Å². The summed E-state index contributed by atoms with van der Waals surface area (Å²) >= 11 is 0. The molecule has 16 rings (SSSR count). The zero-order chi connectivity index (χ0) is 52.7. The van der Waals surface area contributed by atoms with Crippen LogP contribution in [-0.4, -0.2) is 4.57 Å². The van der Waals surface area contributed by atoms with Crippen LogP contribution in [0.25, 0.3) is 70.6 Å². The van der Waals surface area contributed by atoms with E-state index in [0.717, 1.165) is 100 Å². The molecule has 11 aromatic carbocycles. The van der Waals surface area contributed by atoms with Crippen molar-refractivity contribution in [2.24, 2.45) is 0 Å². The number of hydrogen-bond acceptors (Lipinski definition) is 3. The number of nitrogens with zero attached hydrogens (tertiary/aromatic N) is 6. The summed E-state index contributed by atoms with van der Waals surface area (Å²) in [5, 5.41) is 22.7. The van der Waals surface area contributed by atoms with Gasteiger partial charge < -0.3 is 9.47 Å². The summed E-state index contributed by atoms with van der Waals surface area (Å²) in [4.78, 5) is 10.1. The topological polar surface area (TPSA) is 64.5 Å². The van der Waals surface area contributed by atoms with Crippen LogP contribution in [0.4, 0.5) is 28.4 Å². The van der Waals surface area contributed by atoms with E-state index in [1.807, 2.05) is 48.5 Å². The molecule has 1 aliphatic heterocycles. The molecular formula is C73H40N6. The van der Waals surface area contributed by atoms with Gasteiger partial charge in [0.1, 0.15) is 0 Å². The van der Waals surface area contributed by atoms with E-state index in [1.54, 1.807) is 0 Å². The molecule has 0 unspecified atom stereocenters. The van der Waals surface area contributed by atoms with Gasteiger partial charge in [0, 0.05) is 34.0 Å². The fourth-order valence-electron chi connectivity index (χ4n) is 14.3. The molecule has 4 aliphatic rings. The maximum Gasteiger partial charge on any atom is 0.187 e. The summed E-state index contributed by atoms with van der Waals surface area (Å²) in [6.45, 7) is 16.0. The van der Waals surface area contributed by atoms with Crippen molar-refractivity contribution in [3.63, 3.8) is 0 Å². The summed E-state index contributed by atoms with van der Waals surface area (Å²) in [7, 11) is 0. The van der Waals surface area contributed by atoms with Gasteiger partial charge in [0.15, 0.2) is 11.4 Å². The number of benzene rings is 11. The van der Waals surface area contributed by atoms with Crippen LogP contribution in [0.5, 0.6) is 0 Å². The molecule has 0 bridgehead atoms. The Bertz CT molecular complexity index is 4550. The molecule has 0 saturated heterocycles. The van der Waals surface area contributed by atoms with Crippen LogP contribution >= 0.6 is 0 Å². The number of nitriles is 2. The maximum absolute atomic E-state index is 10.2. The second-order valence-electron chi connectivity index (χ2n) is 21.1. The fourth-order valence-corrected chi connectivity index (χ4v) is 14.3. The molecule has 0 radical (unpaired) electrons. The molecule has 362 valence electrons. The van der Waals surface area contributed by atoms with Crippen LogP contribution < -0.4 is 4.90 Å². The van der Waals surface area contributed by atoms with Crippen molar-refractivity contribution in [2.75, 3.05) is 4.90 Å². The van der Waals surface area contributed by atoms with Crippen molar-refractivity contribution < 1.29 is 0 Å². The van der Waals surface area contributed by atoms with Gasteiger partial charge >= 0.3 is 0 Å². The molecular weight excluding hydrogens is 961 g/mol. The van der Waals surface area contributed by atoms with Crippen molar-refractivity contribution in [1.82, 2.24) is 4.57 Å². The van der Waals surface area contributed by atoms with Crippen molar-refractivity contribution in [3.05, 3.63) is 320 Å². The fraction of sp³-hybridized carbons (Fsp3) is 0.0411. The lowest BCUT2D eigenvalue weighted by Gasteiger charge is -2.45. The second-order valence-corrected chi connectivity index (χ2v) is 21.1. The molecule has 1 spiro atoms. The van der Waals surface area contributed by atoms with E-state index in [9.17, 15) is 10.5 Å².